The van der Waals surface area contributed by atoms with E-state index in [1.165, 1.54) is 12.4 Å². The summed E-state index contributed by atoms with van der Waals surface area (Å²) in [5.74, 6) is 0.222. The zero-order valence-electron chi connectivity index (χ0n) is 14.1. The summed E-state index contributed by atoms with van der Waals surface area (Å²) in [6, 6.07) is 3.25. The number of amides is 1. The molecule has 0 aliphatic rings. The molecule has 9 heteroatoms. The molecule has 0 bridgehead atoms. The third-order valence-electron chi connectivity index (χ3n) is 3.56. The van der Waals surface area contributed by atoms with Crippen molar-refractivity contribution >= 4 is 28.7 Å². The molecule has 25 heavy (non-hydrogen) atoms. The predicted molar refractivity (Wildman–Crippen MR) is 92.6 cm³/mol. The minimum absolute atomic E-state index is 0.0192. The lowest BCUT2D eigenvalue weighted by Crippen LogP contribution is -2.31. The number of hydrogen-bond donors (Lipinski definition) is 2. The van der Waals surface area contributed by atoms with Gasteiger partial charge in [0, 0.05) is 31.4 Å². The van der Waals surface area contributed by atoms with Crippen molar-refractivity contribution in [2.24, 2.45) is 0 Å². The normalized spacial score (nSPS) is 11.0. The molecule has 3 aromatic rings. The average molecular weight is 342 g/mol. The number of furan rings is 1. The van der Waals surface area contributed by atoms with Crippen LogP contribution in [0, 0.1) is 0 Å². The molecule has 3 heterocycles. The fraction of sp³-hybridized carbons (Fsp3) is 0.312. The van der Waals surface area contributed by atoms with Gasteiger partial charge in [0.25, 0.3) is 5.56 Å². The Bertz CT molecular complexity index is 961. The Balaban J connectivity index is 1.97. The molecule has 0 fully saturated rings. The molecule has 9 nitrogen and oxygen atoms in total. The molecule has 0 spiro atoms. The number of aromatic nitrogens is 4. The Kier molecular flexibility index (Phi) is 4.46. The molecule has 1 amide bonds. The van der Waals surface area contributed by atoms with Gasteiger partial charge in [-0.05, 0) is 6.07 Å². The third kappa shape index (κ3) is 3.35. The molecule has 0 atom stereocenters. The molecular weight excluding hydrogens is 324 g/mol. The standard InChI is InChI=1S/C16H18N6O3/c1-9(2)13-14-10(7-12(17-3)25-14)15(24)22(21-13)8-11(23)20-16-18-5-4-6-19-16/h4-7,9,17H,8H2,1-3H3,(H,18,19,20,23). The van der Waals surface area contributed by atoms with Crippen molar-refractivity contribution in [2.45, 2.75) is 26.3 Å². The van der Waals surface area contributed by atoms with E-state index in [2.05, 4.69) is 25.7 Å². The van der Waals surface area contributed by atoms with Gasteiger partial charge >= 0.3 is 0 Å². The van der Waals surface area contributed by atoms with Crippen molar-refractivity contribution < 1.29 is 9.21 Å². The molecule has 0 unspecified atom stereocenters. The highest BCUT2D eigenvalue weighted by atomic mass is 16.4. The highest BCUT2D eigenvalue weighted by Gasteiger charge is 2.19. The molecule has 0 aliphatic carbocycles. The van der Waals surface area contributed by atoms with Gasteiger partial charge in [-0.2, -0.15) is 5.10 Å². The van der Waals surface area contributed by atoms with Crippen LogP contribution < -0.4 is 16.2 Å². The van der Waals surface area contributed by atoms with Crippen LogP contribution in [0.3, 0.4) is 0 Å². The minimum Gasteiger partial charge on any atom is -0.439 e. The second-order valence-corrected chi connectivity index (χ2v) is 5.73. The SMILES string of the molecule is CNc1cc2c(=O)n(CC(=O)Nc3ncccn3)nc(C(C)C)c2o1. The van der Waals surface area contributed by atoms with Crippen LogP contribution >= 0.6 is 0 Å². The van der Waals surface area contributed by atoms with Gasteiger partial charge in [-0.25, -0.2) is 14.6 Å². The van der Waals surface area contributed by atoms with Crippen LogP contribution in [0.15, 0.2) is 33.7 Å². The van der Waals surface area contributed by atoms with Crippen LogP contribution in [0.2, 0.25) is 0 Å². The maximum absolute atomic E-state index is 12.6. The van der Waals surface area contributed by atoms with Gasteiger partial charge < -0.3 is 9.73 Å². The summed E-state index contributed by atoms with van der Waals surface area (Å²) in [6.45, 7) is 3.64. The number of carbonyl (C=O) groups excluding carboxylic acids is 1. The molecular formula is C16H18N6O3. The summed E-state index contributed by atoms with van der Waals surface area (Å²) in [6.07, 6.45) is 3.03. The number of nitrogens with zero attached hydrogens (tertiary/aromatic N) is 4. The molecule has 2 N–H and O–H groups in total. The average Bonchev–Trinajstić information content (AvgIpc) is 3.02. The quantitative estimate of drug-likeness (QED) is 0.723. The van der Waals surface area contributed by atoms with Crippen LogP contribution in [0.1, 0.15) is 25.5 Å². The number of carbonyl (C=O) groups is 1. The molecule has 3 aromatic heterocycles. The van der Waals surface area contributed by atoms with Crippen molar-refractivity contribution in [1.29, 1.82) is 0 Å². The third-order valence-corrected chi connectivity index (χ3v) is 3.56. The number of hydrogen-bond acceptors (Lipinski definition) is 7. The van der Waals surface area contributed by atoms with Gasteiger partial charge in [0.2, 0.25) is 11.9 Å². The number of anilines is 2. The van der Waals surface area contributed by atoms with Crippen LogP contribution in [-0.2, 0) is 11.3 Å². The monoisotopic (exact) mass is 342 g/mol. The fourth-order valence-electron chi connectivity index (χ4n) is 2.37. The highest BCUT2D eigenvalue weighted by Crippen LogP contribution is 2.26. The zero-order valence-corrected chi connectivity index (χ0v) is 14.1. The first-order valence-corrected chi connectivity index (χ1v) is 7.78. The van der Waals surface area contributed by atoms with Crippen molar-refractivity contribution in [1.82, 2.24) is 19.7 Å². The fourth-order valence-corrected chi connectivity index (χ4v) is 2.37. The largest absolute Gasteiger partial charge is 0.439 e. The summed E-state index contributed by atoms with van der Waals surface area (Å²) in [5.41, 5.74) is 0.654. The first-order chi connectivity index (χ1) is 12.0. The molecule has 0 aliphatic heterocycles. The summed E-state index contributed by atoms with van der Waals surface area (Å²) in [7, 11) is 1.70. The van der Waals surface area contributed by atoms with E-state index in [1.54, 1.807) is 19.2 Å². The van der Waals surface area contributed by atoms with Crippen molar-refractivity contribution in [3.8, 4) is 0 Å². The van der Waals surface area contributed by atoms with Crippen molar-refractivity contribution in [3.63, 3.8) is 0 Å². The lowest BCUT2D eigenvalue weighted by Gasteiger charge is -2.10. The lowest BCUT2D eigenvalue weighted by atomic mass is 10.1. The zero-order chi connectivity index (χ0) is 18.0. The number of rotatable bonds is 5. The first-order valence-electron chi connectivity index (χ1n) is 7.78. The second kappa shape index (κ2) is 6.71. The highest BCUT2D eigenvalue weighted by molar-refractivity contribution is 5.89. The van der Waals surface area contributed by atoms with Gasteiger partial charge in [0.15, 0.2) is 11.5 Å². The van der Waals surface area contributed by atoms with E-state index in [4.69, 9.17) is 4.42 Å². The van der Waals surface area contributed by atoms with Crippen molar-refractivity contribution in [3.05, 3.63) is 40.6 Å². The van der Waals surface area contributed by atoms with E-state index >= 15 is 0 Å². The Morgan fingerprint density at radius 1 is 1.32 bits per heavy atom. The molecule has 130 valence electrons. The Labute approximate surface area is 143 Å². The van der Waals surface area contributed by atoms with Gasteiger partial charge in [-0.1, -0.05) is 13.8 Å². The van der Waals surface area contributed by atoms with Crippen LogP contribution in [-0.4, -0.2) is 32.7 Å². The summed E-state index contributed by atoms with van der Waals surface area (Å²) >= 11 is 0. The van der Waals surface area contributed by atoms with Gasteiger partial charge in [-0.15, -0.1) is 0 Å². The van der Waals surface area contributed by atoms with Crippen LogP contribution in [0.25, 0.3) is 11.0 Å². The smallest absolute Gasteiger partial charge is 0.278 e. The van der Waals surface area contributed by atoms with E-state index in [-0.39, 0.29) is 18.4 Å². The number of fused-ring (bicyclic) bond motifs is 1. The first kappa shape index (κ1) is 16.6. The van der Waals surface area contributed by atoms with E-state index < -0.39 is 11.5 Å². The van der Waals surface area contributed by atoms with Crippen LogP contribution in [0.5, 0.6) is 0 Å². The maximum atomic E-state index is 12.6. The van der Waals surface area contributed by atoms with E-state index in [0.29, 0.717) is 22.5 Å². The van der Waals surface area contributed by atoms with E-state index in [9.17, 15) is 9.59 Å². The molecule has 0 saturated heterocycles. The maximum Gasteiger partial charge on any atom is 0.278 e. The Morgan fingerprint density at radius 2 is 2.04 bits per heavy atom. The molecule has 0 radical (unpaired) electrons. The lowest BCUT2D eigenvalue weighted by molar-refractivity contribution is -0.117. The van der Waals surface area contributed by atoms with E-state index in [0.717, 1.165) is 4.68 Å². The Morgan fingerprint density at radius 3 is 2.68 bits per heavy atom. The van der Waals surface area contributed by atoms with Crippen molar-refractivity contribution in [2.75, 3.05) is 17.7 Å². The summed E-state index contributed by atoms with van der Waals surface area (Å²) in [4.78, 5) is 32.6. The number of nitrogens with one attached hydrogen (secondary N) is 2. The molecule has 0 aromatic carbocycles. The molecule has 3 rings (SSSR count). The summed E-state index contributed by atoms with van der Waals surface area (Å²) in [5, 5.41) is 10.1. The van der Waals surface area contributed by atoms with Gasteiger partial charge in [0.05, 0.1) is 5.39 Å². The predicted octanol–water partition coefficient (Wildman–Crippen LogP) is 1.58. The molecule has 0 saturated carbocycles. The second-order valence-electron chi connectivity index (χ2n) is 5.73. The minimum atomic E-state index is -0.438. The topological polar surface area (TPSA) is 115 Å². The van der Waals surface area contributed by atoms with Gasteiger partial charge in [-0.3, -0.25) is 14.9 Å². The summed E-state index contributed by atoms with van der Waals surface area (Å²) < 4.78 is 6.77. The van der Waals surface area contributed by atoms with Crippen LogP contribution in [0.4, 0.5) is 11.8 Å². The van der Waals surface area contributed by atoms with E-state index in [1.807, 2.05) is 13.8 Å². The Hall–Kier alpha value is -3.23. The van der Waals surface area contributed by atoms with Gasteiger partial charge in [0.1, 0.15) is 12.2 Å².